The lowest BCUT2D eigenvalue weighted by Gasteiger charge is -2.09. The van der Waals surface area contributed by atoms with Crippen LogP contribution in [0.4, 0.5) is 0 Å². The van der Waals surface area contributed by atoms with Crippen LogP contribution >= 0.6 is 0 Å². The average Bonchev–Trinajstić information content (AvgIpc) is 2.55. The maximum absolute atomic E-state index is 11.7. The second-order valence-electron chi connectivity index (χ2n) is 4.33. The number of esters is 1. The topological polar surface area (TPSA) is 82.6 Å². The predicted octanol–water partition coefficient (Wildman–Crippen LogP) is 2.45. The number of pyridine rings is 1. The largest absolute Gasteiger partial charge is 0.465 e. The minimum Gasteiger partial charge on any atom is -0.465 e. The summed E-state index contributed by atoms with van der Waals surface area (Å²) in [6.45, 7) is 1.55. The fourth-order valence-electron chi connectivity index (χ4n) is 1.72. The van der Waals surface area contributed by atoms with E-state index in [1.165, 1.54) is 25.4 Å². The number of sulfone groups is 1. The van der Waals surface area contributed by atoms with Gasteiger partial charge in [0.1, 0.15) is 17.1 Å². The SMILES string of the molecule is CCS(=O)(=O)c1ccc(Oc2ccccc2C(=O)OC)cn1. The summed E-state index contributed by atoms with van der Waals surface area (Å²) in [6.07, 6.45) is 1.30. The zero-order chi connectivity index (χ0) is 16.2. The highest BCUT2D eigenvalue weighted by atomic mass is 32.2. The van der Waals surface area contributed by atoms with Crippen LogP contribution in [0.1, 0.15) is 17.3 Å². The number of benzene rings is 1. The Balaban J connectivity index is 2.27. The number of carbonyl (C=O) groups is 1. The first-order chi connectivity index (χ1) is 10.5. The summed E-state index contributed by atoms with van der Waals surface area (Å²) in [5.41, 5.74) is 0.273. The number of nitrogens with zero attached hydrogens (tertiary/aromatic N) is 1. The Morgan fingerprint density at radius 3 is 2.50 bits per heavy atom. The molecule has 116 valence electrons. The van der Waals surface area contributed by atoms with Crippen LogP contribution in [-0.4, -0.2) is 32.2 Å². The normalized spacial score (nSPS) is 11.0. The maximum atomic E-state index is 11.7. The Labute approximate surface area is 128 Å². The number of para-hydroxylation sites is 1. The molecule has 0 fully saturated rings. The van der Waals surface area contributed by atoms with Gasteiger partial charge in [-0.15, -0.1) is 0 Å². The highest BCUT2D eigenvalue weighted by Gasteiger charge is 2.15. The molecule has 1 aromatic carbocycles. The maximum Gasteiger partial charge on any atom is 0.341 e. The Hall–Kier alpha value is -2.41. The van der Waals surface area contributed by atoms with Crippen LogP contribution in [0.5, 0.6) is 11.5 Å². The van der Waals surface area contributed by atoms with Crippen molar-refractivity contribution in [2.45, 2.75) is 11.9 Å². The average molecular weight is 321 g/mol. The second-order valence-corrected chi connectivity index (χ2v) is 6.55. The molecule has 0 amide bonds. The molecule has 0 aliphatic carbocycles. The molecular formula is C15H15NO5S. The summed E-state index contributed by atoms with van der Waals surface area (Å²) < 4.78 is 33.6. The standard InChI is InChI=1S/C15H15NO5S/c1-3-22(18,19)14-9-8-11(10-16-14)21-13-7-5-4-6-12(13)15(17)20-2/h4-10H,3H2,1-2H3. The number of aromatic nitrogens is 1. The van der Waals surface area contributed by atoms with E-state index in [1.807, 2.05) is 0 Å². The van der Waals surface area contributed by atoms with E-state index in [-0.39, 0.29) is 16.3 Å². The van der Waals surface area contributed by atoms with Crippen molar-refractivity contribution in [2.75, 3.05) is 12.9 Å². The fourth-order valence-corrected chi connectivity index (χ4v) is 2.50. The second kappa shape index (κ2) is 6.57. The minimum atomic E-state index is -3.35. The van der Waals surface area contributed by atoms with E-state index in [1.54, 1.807) is 31.2 Å². The third-order valence-corrected chi connectivity index (χ3v) is 4.57. The Kier molecular flexibility index (Phi) is 4.77. The van der Waals surface area contributed by atoms with Crippen molar-refractivity contribution in [3.8, 4) is 11.5 Å². The summed E-state index contributed by atoms with van der Waals surface area (Å²) in [4.78, 5) is 15.5. The van der Waals surface area contributed by atoms with Gasteiger partial charge in [0, 0.05) is 0 Å². The number of carbonyl (C=O) groups excluding carboxylic acids is 1. The monoisotopic (exact) mass is 321 g/mol. The summed E-state index contributed by atoms with van der Waals surface area (Å²) in [5.74, 6) is 0.0909. The molecule has 0 N–H and O–H groups in total. The van der Waals surface area contributed by atoms with Gasteiger partial charge in [0.2, 0.25) is 0 Å². The molecule has 0 saturated carbocycles. The molecule has 0 saturated heterocycles. The zero-order valence-corrected chi connectivity index (χ0v) is 13.0. The molecule has 0 aliphatic heterocycles. The van der Waals surface area contributed by atoms with Crippen LogP contribution in [0, 0.1) is 0 Å². The van der Waals surface area contributed by atoms with Gasteiger partial charge in [0.05, 0.1) is 19.1 Å². The van der Waals surface area contributed by atoms with E-state index in [4.69, 9.17) is 4.74 Å². The lowest BCUT2D eigenvalue weighted by Crippen LogP contribution is -2.06. The first kappa shape index (κ1) is 16.0. The van der Waals surface area contributed by atoms with E-state index < -0.39 is 15.8 Å². The molecule has 1 heterocycles. The summed E-state index contributed by atoms with van der Waals surface area (Å²) in [6, 6.07) is 9.45. The zero-order valence-electron chi connectivity index (χ0n) is 12.1. The lowest BCUT2D eigenvalue weighted by molar-refractivity contribution is 0.0598. The smallest absolute Gasteiger partial charge is 0.341 e. The van der Waals surface area contributed by atoms with Gasteiger partial charge in [-0.3, -0.25) is 0 Å². The minimum absolute atomic E-state index is 0.0106. The van der Waals surface area contributed by atoms with Gasteiger partial charge < -0.3 is 9.47 Å². The number of hydrogen-bond acceptors (Lipinski definition) is 6. The van der Waals surface area contributed by atoms with Crippen molar-refractivity contribution in [1.82, 2.24) is 4.98 Å². The van der Waals surface area contributed by atoms with Crippen molar-refractivity contribution in [2.24, 2.45) is 0 Å². The molecule has 0 radical (unpaired) electrons. The molecule has 2 rings (SSSR count). The number of hydrogen-bond donors (Lipinski definition) is 0. The van der Waals surface area contributed by atoms with Crippen LogP contribution in [0.25, 0.3) is 0 Å². The number of methoxy groups -OCH3 is 1. The van der Waals surface area contributed by atoms with Gasteiger partial charge in [-0.2, -0.15) is 0 Å². The molecule has 7 heteroatoms. The van der Waals surface area contributed by atoms with E-state index in [0.29, 0.717) is 11.5 Å². The molecule has 1 aromatic heterocycles. The third kappa shape index (κ3) is 3.43. The molecule has 0 aliphatic rings. The molecule has 22 heavy (non-hydrogen) atoms. The summed E-state index contributed by atoms with van der Waals surface area (Å²) in [5, 5.41) is -0.0106. The molecule has 6 nitrogen and oxygen atoms in total. The molecule has 2 aromatic rings. The molecule has 0 bridgehead atoms. The predicted molar refractivity (Wildman–Crippen MR) is 79.8 cm³/mol. The first-order valence-corrected chi connectivity index (χ1v) is 8.17. The lowest BCUT2D eigenvalue weighted by atomic mass is 10.2. The quantitative estimate of drug-likeness (QED) is 0.787. The van der Waals surface area contributed by atoms with E-state index in [0.717, 1.165) is 0 Å². The molecular weight excluding hydrogens is 306 g/mol. The highest BCUT2D eigenvalue weighted by molar-refractivity contribution is 7.91. The van der Waals surface area contributed by atoms with Crippen molar-refractivity contribution < 1.29 is 22.7 Å². The Bertz CT molecular complexity index is 769. The van der Waals surface area contributed by atoms with Crippen LogP contribution < -0.4 is 4.74 Å². The summed E-state index contributed by atoms with van der Waals surface area (Å²) >= 11 is 0. The van der Waals surface area contributed by atoms with Gasteiger partial charge in [0.15, 0.2) is 14.9 Å². The van der Waals surface area contributed by atoms with Crippen LogP contribution in [0.2, 0.25) is 0 Å². The van der Waals surface area contributed by atoms with Gasteiger partial charge >= 0.3 is 5.97 Å². The van der Waals surface area contributed by atoms with Crippen molar-refractivity contribution >= 4 is 15.8 Å². The van der Waals surface area contributed by atoms with Gasteiger partial charge in [-0.05, 0) is 24.3 Å². The first-order valence-electron chi connectivity index (χ1n) is 6.52. The van der Waals surface area contributed by atoms with Crippen molar-refractivity contribution in [3.05, 3.63) is 48.2 Å². The molecule has 0 unspecified atom stereocenters. The Morgan fingerprint density at radius 1 is 1.18 bits per heavy atom. The molecule has 0 atom stereocenters. The number of ether oxygens (including phenoxy) is 2. The van der Waals surface area contributed by atoms with Gasteiger partial charge in [-0.1, -0.05) is 19.1 Å². The van der Waals surface area contributed by atoms with Crippen molar-refractivity contribution in [1.29, 1.82) is 0 Å². The van der Waals surface area contributed by atoms with Crippen LogP contribution in [0.3, 0.4) is 0 Å². The fraction of sp³-hybridized carbons (Fsp3) is 0.200. The van der Waals surface area contributed by atoms with Crippen molar-refractivity contribution in [3.63, 3.8) is 0 Å². The van der Waals surface area contributed by atoms with E-state index >= 15 is 0 Å². The molecule has 0 spiro atoms. The van der Waals surface area contributed by atoms with E-state index in [9.17, 15) is 13.2 Å². The summed E-state index contributed by atoms with van der Waals surface area (Å²) in [7, 11) is -2.07. The third-order valence-electron chi connectivity index (χ3n) is 2.93. The van der Waals surface area contributed by atoms with Crippen LogP contribution in [-0.2, 0) is 14.6 Å². The van der Waals surface area contributed by atoms with Gasteiger partial charge in [-0.25, -0.2) is 18.2 Å². The highest BCUT2D eigenvalue weighted by Crippen LogP contribution is 2.25. The van der Waals surface area contributed by atoms with Gasteiger partial charge in [0.25, 0.3) is 0 Å². The number of rotatable bonds is 5. The van der Waals surface area contributed by atoms with E-state index in [2.05, 4.69) is 9.72 Å². The van der Waals surface area contributed by atoms with Crippen LogP contribution in [0.15, 0.2) is 47.6 Å². The Morgan fingerprint density at radius 2 is 1.91 bits per heavy atom.